The lowest BCUT2D eigenvalue weighted by atomic mass is 9.97. The van der Waals surface area contributed by atoms with Gasteiger partial charge < -0.3 is 0 Å². The van der Waals surface area contributed by atoms with Gasteiger partial charge in [-0.3, -0.25) is 0 Å². The van der Waals surface area contributed by atoms with Gasteiger partial charge in [0.05, 0.1) is 6.54 Å². The summed E-state index contributed by atoms with van der Waals surface area (Å²) in [5.74, 6) is 0. The Hall–Kier alpha value is -1.58. The van der Waals surface area contributed by atoms with Gasteiger partial charge in [-0.25, -0.2) is 10.1 Å². The van der Waals surface area contributed by atoms with Gasteiger partial charge in [-0.1, -0.05) is 30.3 Å². The van der Waals surface area contributed by atoms with Crippen molar-refractivity contribution in [2.24, 2.45) is 0 Å². The van der Waals surface area contributed by atoms with Gasteiger partial charge in [0.2, 0.25) is 0 Å². The molecule has 0 aliphatic carbocycles. The van der Waals surface area contributed by atoms with Crippen LogP contribution in [0.25, 0.3) is 0 Å². The quantitative estimate of drug-likeness (QED) is 0.551. The zero-order valence-corrected chi connectivity index (χ0v) is 8.50. The van der Waals surface area contributed by atoms with Crippen molar-refractivity contribution in [1.29, 1.82) is 0 Å². The van der Waals surface area contributed by atoms with Gasteiger partial charge in [-0.15, -0.1) is 5.01 Å². The van der Waals surface area contributed by atoms with Crippen molar-refractivity contribution in [2.75, 3.05) is 6.54 Å². The van der Waals surface area contributed by atoms with Gasteiger partial charge >= 0.3 is 0 Å². The summed E-state index contributed by atoms with van der Waals surface area (Å²) in [6, 6.07) is 9.68. The highest BCUT2D eigenvalue weighted by Gasteiger charge is 2.30. The van der Waals surface area contributed by atoms with Crippen LogP contribution in [0, 0.1) is 10.1 Å². The van der Waals surface area contributed by atoms with Gasteiger partial charge in [0.25, 0.3) is 0 Å². The molecule has 0 amide bonds. The highest BCUT2D eigenvalue weighted by atomic mass is 16.7. The summed E-state index contributed by atoms with van der Waals surface area (Å²) in [6.07, 6.45) is 2.87. The molecule has 1 unspecified atom stereocenters. The van der Waals surface area contributed by atoms with Gasteiger partial charge in [0.1, 0.15) is 6.04 Å². The second kappa shape index (κ2) is 4.29. The van der Waals surface area contributed by atoms with Crippen LogP contribution in [-0.2, 0) is 0 Å². The second-order valence-corrected chi connectivity index (χ2v) is 3.82. The van der Waals surface area contributed by atoms with E-state index in [0.717, 1.165) is 24.8 Å². The Morgan fingerprint density at radius 1 is 1.27 bits per heavy atom. The number of hydrazine groups is 1. The molecule has 0 bridgehead atoms. The molecule has 1 atom stereocenters. The molecule has 15 heavy (non-hydrogen) atoms. The zero-order valence-electron chi connectivity index (χ0n) is 8.50. The molecule has 1 saturated heterocycles. The molecule has 0 N–H and O–H groups in total. The Kier molecular flexibility index (Phi) is 2.85. The first kappa shape index (κ1) is 9.96. The van der Waals surface area contributed by atoms with Crippen LogP contribution in [0.5, 0.6) is 0 Å². The maximum absolute atomic E-state index is 10.9. The van der Waals surface area contributed by atoms with E-state index >= 15 is 0 Å². The van der Waals surface area contributed by atoms with Crippen LogP contribution >= 0.6 is 0 Å². The lowest BCUT2D eigenvalue weighted by molar-refractivity contribution is -0.668. The fraction of sp³-hybridized carbons (Fsp3) is 0.455. The summed E-state index contributed by atoms with van der Waals surface area (Å²) in [7, 11) is 0. The number of rotatable bonds is 2. The highest BCUT2D eigenvalue weighted by molar-refractivity contribution is 5.18. The molecule has 4 heteroatoms. The minimum Gasteiger partial charge on any atom is -0.235 e. The van der Waals surface area contributed by atoms with Crippen LogP contribution in [-0.4, -0.2) is 16.6 Å². The van der Waals surface area contributed by atoms with Crippen LogP contribution in [0.3, 0.4) is 0 Å². The SMILES string of the molecule is O=[N+]([O-])N1CCCCC1c1ccccc1. The normalized spacial score (nSPS) is 21.3. The summed E-state index contributed by atoms with van der Waals surface area (Å²) in [4.78, 5) is 10.9. The summed E-state index contributed by atoms with van der Waals surface area (Å²) < 4.78 is 0. The smallest absolute Gasteiger partial charge is 0.160 e. The van der Waals surface area contributed by atoms with Crippen molar-refractivity contribution in [3.63, 3.8) is 0 Å². The fourth-order valence-electron chi connectivity index (χ4n) is 2.13. The van der Waals surface area contributed by atoms with E-state index in [-0.39, 0.29) is 11.1 Å². The third-order valence-electron chi connectivity index (χ3n) is 2.87. The lowest BCUT2D eigenvalue weighted by Crippen LogP contribution is -2.37. The van der Waals surface area contributed by atoms with E-state index in [1.54, 1.807) is 0 Å². The molecule has 1 heterocycles. The Labute approximate surface area is 88.6 Å². The van der Waals surface area contributed by atoms with Crippen LogP contribution in [0.1, 0.15) is 30.9 Å². The van der Waals surface area contributed by atoms with Gasteiger partial charge in [0, 0.05) is 0 Å². The van der Waals surface area contributed by atoms with Crippen LogP contribution < -0.4 is 0 Å². The zero-order chi connectivity index (χ0) is 10.7. The largest absolute Gasteiger partial charge is 0.235 e. The summed E-state index contributed by atoms with van der Waals surface area (Å²) in [6.45, 7) is 0.562. The number of nitro groups is 1. The number of nitrogens with zero attached hydrogens (tertiary/aromatic N) is 2. The third kappa shape index (κ3) is 2.09. The van der Waals surface area contributed by atoms with Crippen LogP contribution in [0.15, 0.2) is 30.3 Å². The third-order valence-corrected chi connectivity index (χ3v) is 2.87. The van der Waals surface area contributed by atoms with Crippen molar-refractivity contribution >= 4 is 0 Å². The Morgan fingerprint density at radius 3 is 2.67 bits per heavy atom. The molecule has 0 aromatic heterocycles. The summed E-state index contributed by atoms with van der Waals surface area (Å²) in [5, 5.41) is 12.0. The van der Waals surface area contributed by atoms with Gasteiger partial charge in [-0.05, 0) is 24.8 Å². The maximum atomic E-state index is 10.9. The molecular weight excluding hydrogens is 192 g/mol. The minimum absolute atomic E-state index is 0.0463. The van der Waals surface area contributed by atoms with Crippen LogP contribution in [0.4, 0.5) is 0 Å². The molecule has 1 fully saturated rings. The minimum atomic E-state index is -0.267. The number of benzene rings is 1. The molecule has 0 saturated carbocycles. The van der Waals surface area contributed by atoms with E-state index in [0.29, 0.717) is 6.54 Å². The predicted octanol–water partition coefficient (Wildman–Crippen LogP) is 2.41. The molecule has 1 aliphatic rings. The number of piperidine rings is 1. The molecular formula is C11H14N2O2. The topological polar surface area (TPSA) is 46.4 Å². The fourth-order valence-corrected chi connectivity index (χ4v) is 2.13. The van der Waals surface area contributed by atoms with Gasteiger partial charge in [-0.2, -0.15) is 0 Å². The van der Waals surface area contributed by atoms with E-state index in [1.165, 1.54) is 5.01 Å². The summed E-state index contributed by atoms with van der Waals surface area (Å²) >= 11 is 0. The first-order valence-corrected chi connectivity index (χ1v) is 5.25. The van der Waals surface area contributed by atoms with E-state index in [1.807, 2.05) is 30.3 Å². The maximum Gasteiger partial charge on any atom is 0.160 e. The molecule has 80 valence electrons. The van der Waals surface area contributed by atoms with Crippen molar-refractivity contribution in [1.82, 2.24) is 5.01 Å². The van der Waals surface area contributed by atoms with E-state index in [4.69, 9.17) is 0 Å². The Bertz CT molecular complexity index is 340. The molecule has 1 aromatic rings. The monoisotopic (exact) mass is 206 g/mol. The van der Waals surface area contributed by atoms with Gasteiger partial charge in [0.15, 0.2) is 5.03 Å². The lowest BCUT2D eigenvalue weighted by Gasteiger charge is -2.28. The molecule has 0 spiro atoms. The first-order valence-electron chi connectivity index (χ1n) is 5.25. The first-order chi connectivity index (χ1) is 7.29. The average Bonchev–Trinajstić information content (AvgIpc) is 2.30. The van der Waals surface area contributed by atoms with Crippen molar-refractivity contribution < 1.29 is 5.03 Å². The highest BCUT2D eigenvalue weighted by Crippen LogP contribution is 2.30. The Balaban J connectivity index is 2.22. The number of hydrogen-bond acceptors (Lipinski definition) is 2. The average molecular weight is 206 g/mol. The Morgan fingerprint density at radius 2 is 2.00 bits per heavy atom. The van der Waals surface area contributed by atoms with Crippen LogP contribution in [0.2, 0.25) is 0 Å². The predicted molar refractivity (Wildman–Crippen MR) is 56.7 cm³/mol. The number of hydrogen-bond donors (Lipinski definition) is 0. The van der Waals surface area contributed by atoms with E-state index in [2.05, 4.69) is 0 Å². The molecule has 4 nitrogen and oxygen atoms in total. The summed E-state index contributed by atoms with van der Waals surface area (Å²) in [5.41, 5.74) is 1.05. The molecule has 1 aliphatic heterocycles. The standard InChI is InChI=1S/C11H14N2O2/c14-13(15)12-9-5-4-8-11(12)10-6-2-1-3-7-10/h1-3,6-7,11H,4-5,8-9H2. The van der Waals surface area contributed by atoms with Crippen molar-refractivity contribution in [3.8, 4) is 0 Å². The molecule has 2 rings (SSSR count). The van der Waals surface area contributed by atoms with E-state index in [9.17, 15) is 10.1 Å². The molecule has 0 radical (unpaired) electrons. The van der Waals surface area contributed by atoms with Crippen molar-refractivity contribution in [3.05, 3.63) is 46.0 Å². The second-order valence-electron chi connectivity index (χ2n) is 3.82. The van der Waals surface area contributed by atoms with E-state index < -0.39 is 0 Å². The molecule has 1 aromatic carbocycles. The van der Waals surface area contributed by atoms with Crippen molar-refractivity contribution in [2.45, 2.75) is 25.3 Å².